The molecule has 1 aromatic carbocycles. The smallest absolute Gasteiger partial charge is 0.138 e. The monoisotopic (exact) mass is 417 g/mol. The number of ketones is 1. The molecule has 0 bridgehead atoms. The van der Waals surface area contributed by atoms with E-state index in [1.54, 1.807) is 7.11 Å². The van der Waals surface area contributed by atoms with Crippen LogP contribution in [0.4, 0.5) is 0 Å². The Labute approximate surface area is 151 Å². The van der Waals surface area contributed by atoms with Crippen LogP contribution in [-0.2, 0) is 11.2 Å². The van der Waals surface area contributed by atoms with E-state index in [0.717, 1.165) is 29.6 Å². The molecule has 0 spiro atoms. The second-order valence-corrected chi connectivity index (χ2v) is 6.49. The number of rotatable bonds is 7. The van der Waals surface area contributed by atoms with Crippen molar-refractivity contribution in [2.75, 3.05) is 33.8 Å². The number of hydrogen-bond donors (Lipinski definition) is 0. The molecule has 4 heteroatoms. The minimum absolute atomic E-state index is 0. The lowest BCUT2D eigenvalue weighted by atomic mass is 10.0. The summed E-state index contributed by atoms with van der Waals surface area (Å²) < 4.78 is 6.23. The molecule has 1 heterocycles. The first-order valence-corrected chi connectivity index (χ1v) is 8.09. The lowest BCUT2D eigenvalue weighted by molar-refractivity contribution is -0.913. The third-order valence-electron chi connectivity index (χ3n) is 4.68. The van der Waals surface area contributed by atoms with Crippen LogP contribution < -0.4 is 28.7 Å². The van der Waals surface area contributed by atoms with Crippen molar-refractivity contribution in [3.05, 3.63) is 29.8 Å². The summed E-state index contributed by atoms with van der Waals surface area (Å²) in [5.41, 5.74) is 1.21. The SMILES string of the molecule is COc1ccc(CCC(=O)CC[N+]2(C)CCCCC2)cc1.[I-]. The summed E-state index contributed by atoms with van der Waals surface area (Å²) in [6.45, 7) is 3.50. The molecule has 1 aliphatic rings. The van der Waals surface area contributed by atoms with Gasteiger partial charge in [0.2, 0.25) is 0 Å². The first kappa shape index (κ1) is 19.4. The number of likely N-dealkylation sites (tertiary alicyclic amines) is 1. The number of hydrogen-bond acceptors (Lipinski definition) is 2. The number of methoxy groups -OCH3 is 1. The van der Waals surface area contributed by atoms with Crippen molar-refractivity contribution in [1.29, 1.82) is 0 Å². The van der Waals surface area contributed by atoms with Gasteiger partial charge in [-0.3, -0.25) is 4.79 Å². The van der Waals surface area contributed by atoms with E-state index < -0.39 is 0 Å². The lowest BCUT2D eigenvalue weighted by Crippen LogP contribution is -3.00. The van der Waals surface area contributed by atoms with Crippen LogP contribution in [0.2, 0.25) is 0 Å². The number of piperidine rings is 1. The van der Waals surface area contributed by atoms with Crippen LogP contribution in [-0.4, -0.2) is 44.1 Å². The zero-order valence-corrected chi connectivity index (χ0v) is 16.0. The molecule has 1 saturated heterocycles. The average Bonchev–Trinajstić information content (AvgIpc) is 2.52. The van der Waals surface area contributed by atoms with Gasteiger partial charge < -0.3 is 33.2 Å². The molecular weight excluding hydrogens is 389 g/mol. The molecule has 0 aliphatic carbocycles. The van der Waals surface area contributed by atoms with Gasteiger partial charge in [0, 0.05) is 6.42 Å². The quantitative estimate of drug-likeness (QED) is 0.469. The summed E-state index contributed by atoms with van der Waals surface area (Å²) in [4.78, 5) is 12.1. The summed E-state index contributed by atoms with van der Waals surface area (Å²) >= 11 is 0. The minimum atomic E-state index is 0. The number of carbonyl (C=O) groups excluding carboxylic acids is 1. The number of benzene rings is 1. The normalized spacial score (nSPS) is 16.6. The van der Waals surface area contributed by atoms with E-state index in [4.69, 9.17) is 4.74 Å². The Morgan fingerprint density at radius 2 is 1.73 bits per heavy atom. The van der Waals surface area contributed by atoms with Gasteiger partial charge in [-0.15, -0.1) is 0 Å². The fourth-order valence-electron chi connectivity index (χ4n) is 3.09. The molecule has 0 saturated carbocycles. The highest BCUT2D eigenvalue weighted by Crippen LogP contribution is 2.17. The topological polar surface area (TPSA) is 26.3 Å². The molecular formula is C18H28INO2. The summed E-state index contributed by atoms with van der Waals surface area (Å²) in [7, 11) is 3.97. The van der Waals surface area contributed by atoms with Gasteiger partial charge in [0.05, 0.1) is 40.2 Å². The number of nitrogens with zero attached hydrogens (tertiary/aromatic N) is 1. The third kappa shape index (κ3) is 6.24. The fourth-order valence-corrected chi connectivity index (χ4v) is 3.09. The predicted molar refractivity (Wildman–Crippen MR) is 85.6 cm³/mol. The van der Waals surface area contributed by atoms with Crippen LogP contribution in [0.3, 0.4) is 0 Å². The Bertz CT molecular complexity index is 453. The van der Waals surface area contributed by atoms with Gasteiger partial charge in [-0.2, -0.15) is 0 Å². The van der Waals surface area contributed by atoms with E-state index in [2.05, 4.69) is 7.05 Å². The number of carbonyl (C=O) groups is 1. The van der Waals surface area contributed by atoms with E-state index in [9.17, 15) is 4.79 Å². The van der Waals surface area contributed by atoms with E-state index in [1.807, 2.05) is 24.3 Å². The highest BCUT2D eigenvalue weighted by molar-refractivity contribution is 5.78. The number of quaternary nitrogens is 1. The maximum absolute atomic E-state index is 12.1. The van der Waals surface area contributed by atoms with Crippen LogP contribution in [0.25, 0.3) is 0 Å². The Kier molecular flexibility index (Phi) is 8.39. The maximum Gasteiger partial charge on any atom is 0.138 e. The highest BCUT2D eigenvalue weighted by atomic mass is 127. The van der Waals surface area contributed by atoms with Gasteiger partial charge in [-0.1, -0.05) is 12.1 Å². The standard InChI is InChI=1S/C18H28NO2.HI/c1-19(13-4-3-5-14-19)15-12-17(20)9-6-16-7-10-18(21-2)11-8-16;/h7-8,10-11H,3-6,9,12-15H2,1-2H3;1H/q+1;/p-1. The van der Waals surface area contributed by atoms with E-state index in [-0.39, 0.29) is 24.0 Å². The van der Waals surface area contributed by atoms with Gasteiger partial charge in [0.15, 0.2) is 0 Å². The molecule has 124 valence electrons. The van der Waals surface area contributed by atoms with Crippen molar-refractivity contribution in [3.8, 4) is 5.75 Å². The average molecular weight is 417 g/mol. The van der Waals surface area contributed by atoms with Crippen molar-refractivity contribution in [2.24, 2.45) is 0 Å². The summed E-state index contributed by atoms with van der Waals surface area (Å²) in [5, 5.41) is 0. The summed E-state index contributed by atoms with van der Waals surface area (Å²) in [6, 6.07) is 8.01. The Hall–Kier alpha value is -0.620. The van der Waals surface area contributed by atoms with Crippen molar-refractivity contribution >= 4 is 5.78 Å². The molecule has 2 rings (SSSR count). The van der Waals surface area contributed by atoms with Gasteiger partial charge in [0.1, 0.15) is 11.5 Å². The molecule has 1 aromatic rings. The van der Waals surface area contributed by atoms with E-state index in [0.29, 0.717) is 12.2 Å². The number of aryl methyl sites for hydroxylation is 1. The Morgan fingerprint density at radius 3 is 2.32 bits per heavy atom. The van der Waals surface area contributed by atoms with Crippen LogP contribution in [0.1, 0.15) is 37.7 Å². The maximum atomic E-state index is 12.1. The van der Waals surface area contributed by atoms with Crippen LogP contribution in [0.15, 0.2) is 24.3 Å². The van der Waals surface area contributed by atoms with Crippen LogP contribution in [0.5, 0.6) is 5.75 Å². The Morgan fingerprint density at radius 1 is 1.09 bits per heavy atom. The van der Waals surface area contributed by atoms with Crippen LogP contribution >= 0.6 is 0 Å². The van der Waals surface area contributed by atoms with Crippen molar-refractivity contribution < 1.29 is 38.0 Å². The Balaban J connectivity index is 0.00000242. The fraction of sp³-hybridized carbons (Fsp3) is 0.611. The molecule has 1 aliphatic heterocycles. The molecule has 22 heavy (non-hydrogen) atoms. The summed E-state index contributed by atoms with van der Waals surface area (Å²) in [5.74, 6) is 1.27. The van der Waals surface area contributed by atoms with E-state index >= 15 is 0 Å². The van der Waals surface area contributed by atoms with Gasteiger partial charge in [-0.05, 0) is 43.4 Å². The predicted octanol–water partition coefficient (Wildman–Crippen LogP) is 0.222. The highest BCUT2D eigenvalue weighted by Gasteiger charge is 2.24. The molecule has 0 aromatic heterocycles. The molecule has 0 amide bonds. The first-order chi connectivity index (χ1) is 10.1. The van der Waals surface area contributed by atoms with Gasteiger partial charge >= 0.3 is 0 Å². The van der Waals surface area contributed by atoms with Gasteiger partial charge in [0.25, 0.3) is 0 Å². The molecule has 1 fully saturated rings. The lowest BCUT2D eigenvalue weighted by Gasteiger charge is -2.37. The zero-order chi connectivity index (χ0) is 15.1. The molecule has 0 unspecified atom stereocenters. The van der Waals surface area contributed by atoms with Crippen molar-refractivity contribution in [1.82, 2.24) is 0 Å². The number of halogens is 1. The second-order valence-electron chi connectivity index (χ2n) is 6.49. The molecule has 0 atom stereocenters. The zero-order valence-electron chi connectivity index (χ0n) is 13.8. The summed E-state index contributed by atoms with van der Waals surface area (Å²) in [6.07, 6.45) is 6.22. The molecule has 3 nitrogen and oxygen atoms in total. The van der Waals surface area contributed by atoms with Gasteiger partial charge in [-0.25, -0.2) is 0 Å². The van der Waals surface area contributed by atoms with Crippen molar-refractivity contribution in [2.45, 2.75) is 38.5 Å². The largest absolute Gasteiger partial charge is 1.00 e. The number of ether oxygens (including phenoxy) is 1. The molecule has 0 radical (unpaired) electrons. The second kappa shape index (κ2) is 9.50. The first-order valence-electron chi connectivity index (χ1n) is 8.09. The van der Waals surface area contributed by atoms with Crippen molar-refractivity contribution in [3.63, 3.8) is 0 Å². The minimum Gasteiger partial charge on any atom is -1.00 e. The third-order valence-corrected chi connectivity index (χ3v) is 4.68. The molecule has 0 N–H and O–H groups in total. The van der Waals surface area contributed by atoms with Crippen LogP contribution in [0, 0.1) is 0 Å². The van der Waals surface area contributed by atoms with E-state index in [1.165, 1.54) is 37.9 Å². The number of Topliss-reactive ketones (excluding diaryl/α,β-unsaturated/α-hetero) is 1.